The molecule has 1 atom stereocenters. The molecule has 2 heterocycles. The number of nitrogens with zero attached hydrogens (tertiary/aromatic N) is 1. The van der Waals surface area contributed by atoms with Gasteiger partial charge >= 0.3 is 0 Å². The van der Waals surface area contributed by atoms with Gasteiger partial charge in [0.2, 0.25) is 11.8 Å². The zero-order valence-electron chi connectivity index (χ0n) is 10.7. The number of carbonyl (C=O) groups excluding carboxylic acids is 2. The summed E-state index contributed by atoms with van der Waals surface area (Å²) in [5.41, 5.74) is 0.714. The highest BCUT2D eigenvalue weighted by Gasteiger charge is 2.21. The number of pyridine rings is 1. The van der Waals surface area contributed by atoms with Gasteiger partial charge in [0.05, 0.1) is 5.92 Å². The average Bonchev–Trinajstić information content (AvgIpc) is 2.93. The van der Waals surface area contributed by atoms with Gasteiger partial charge in [0, 0.05) is 37.6 Å². The Morgan fingerprint density at radius 1 is 1.37 bits per heavy atom. The SMILES string of the molecule is O=C(CCNC(=O)C1CCNC1)Nc1ccncc1. The van der Waals surface area contributed by atoms with Crippen LogP contribution in [0.1, 0.15) is 12.8 Å². The molecule has 0 spiro atoms. The van der Waals surface area contributed by atoms with Crippen molar-refractivity contribution in [1.29, 1.82) is 0 Å². The Kier molecular flexibility index (Phi) is 4.85. The lowest BCUT2D eigenvalue weighted by Crippen LogP contribution is -2.34. The number of nitrogens with one attached hydrogen (secondary N) is 3. The Morgan fingerprint density at radius 3 is 2.84 bits per heavy atom. The average molecular weight is 262 g/mol. The van der Waals surface area contributed by atoms with Crippen LogP contribution in [0.4, 0.5) is 5.69 Å². The van der Waals surface area contributed by atoms with Gasteiger partial charge in [-0.25, -0.2) is 0 Å². The first-order chi connectivity index (χ1) is 9.25. The van der Waals surface area contributed by atoms with E-state index in [4.69, 9.17) is 0 Å². The van der Waals surface area contributed by atoms with Crippen molar-refractivity contribution in [3.05, 3.63) is 24.5 Å². The molecule has 1 aliphatic heterocycles. The van der Waals surface area contributed by atoms with Crippen molar-refractivity contribution < 1.29 is 9.59 Å². The topological polar surface area (TPSA) is 83.1 Å². The van der Waals surface area contributed by atoms with Gasteiger partial charge in [-0.05, 0) is 25.1 Å². The molecule has 0 saturated carbocycles. The number of carbonyl (C=O) groups is 2. The quantitative estimate of drug-likeness (QED) is 0.704. The Morgan fingerprint density at radius 2 is 2.16 bits per heavy atom. The van der Waals surface area contributed by atoms with Crippen LogP contribution in [-0.4, -0.2) is 36.4 Å². The summed E-state index contributed by atoms with van der Waals surface area (Å²) >= 11 is 0. The minimum absolute atomic E-state index is 0.0294. The smallest absolute Gasteiger partial charge is 0.226 e. The normalized spacial score (nSPS) is 18.0. The zero-order valence-corrected chi connectivity index (χ0v) is 10.7. The number of hydrogen-bond donors (Lipinski definition) is 3. The fraction of sp³-hybridized carbons (Fsp3) is 0.462. The van der Waals surface area contributed by atoms with E-state index in [2.05, 4.69) is 20.9 Å². The molecule has 6 heteroatoms. The summed E-state index contributed by atoms with van der Waals surface area (Å²) in [6, 6.07) is 3.45. The third-order valence-corrected chi connectivity index (χ3v) is 3.05. The molecule has 0 radical (unpaired) electrons. The zero-order chi connectivity index (χ0) is 13.5. The van der Waals surface area contributed by atoms with Crippen LogP contribution in [0.5, 0.6) is 0 Å². The standard InChI is InChI=1S/C13H18N4O2/c18-12(17-11-2-6-14-7-3-11)4-8-16-13(19)10-1-5-15-9-10/h2-3,6-7,10,15H,1,4-5,8-9H2,(H,16,19)(H,14,17,18). The van der Waals surface area contributed by atoms with Crippen LogP contribution in [0.25, 0.3) is 0 Å². The van der Waals surface area contributed by atoms with E-state index in [0.29, 0.717) is 12.2 Å². The third-order valence-electron chi connectivity index (χ3n) is 3.05. The monoisotopic (exact) mass is 262 g/mol. The molecule has 0 aromatic carbocycles. The molecule has 19 heavy (non-hydrogen) atoms. The van der Waals surface area contributed by atoms with Gasteiger partial charge in [-0.1, -0.05) is 0 Å². The summed E-state index contributed by atoms with van der Waals surface area (Å²) in [4.78, 5) is 27.2. The van der Waals surface area contributed by atoms with E-state index < -0.39 is 0 Å². The van der Waals surface area contributed by atoms with Gasteiger partial charge in [-0.15, -0.1) is 0 Å². The second kappa shape index (κ2) is 6.84. The molecule has 102 valence electrons. The number of aromatic nitrogens is 1. The first-order valence-electron chi connectivity index (χ1n) is 6.44. The van der Waals surface area contributed by atoms with Gasteiger partial charge in [0.15, 0.2) is 0 Å². The maximum atomic E-state index is 11.7. The molecule has 1 aromatic rings. The maximum absolute atomic E-state index is 11.7. The van der Waals surface area contributed by atoms with E-state index in [1.807, 2.05) is 0 Å². The summed E-state index contributed by atoms with van der Waals surface area (Å²) in [7, 11) is 0. The predicted octanol–water partition coefficient (Wildman–Crippen LogP) is 0.136. The Labute approximate surface area is 112 Å². The fourth-order valence-corrected chi connectivity index (χ4v) is 1.98. The minimum atomic E-state index is -0.115. The molecule has 1 fully saturated rings. The lowest BCUT2D eigenvalue weighted by molar-refractivity contribution is -0.124. The van der Waals surface area contributed by atoms with Gasteiger partial charge in [0.1, 0.15) is 0 Å². The van der Waals surface area contributed by atoms with Gasteiger partial charge in [0.25, 0.3) is 0 Å². The van der Waals surface area contributed by atoms with Crippen LogP contribution in [0.3, 0.4) is 0 Å². The van der Waals surface area contributed by atoms with Crippen LogP contribution in [0.2, 0.25) is 0 Å². The number of anilines is 1. The summed E-state index contributed by atoms with van der Waals surface area (Å²) in [6.45, 7) is 1.99. The Balaban J connectivity index is 1.65. The molecule has 6 nitrogen and oxygen atoms in total. The van der Waals surface area contributed by atoms with Crippen LogP contribution in [0.15, 0.2) is 24.5 Å². The van der Waals surface area contributed by atoms with Crippen molar-refractivity contribution in [2.75, 3.05) is 25.0 Å². The molecule has 1 aromatic heterocycles. The van der Waals surface area contributed by atoms with Gasteiger partial charge in [-0.3, -0.25) is 14.6 Å². The molecule has 3 N–H and O–H groups in total. The summed E-state index contributed by atoms with van der Waals surface area (Å²) in [5, 5.41) is 8.67. The molecule has 0 bridgehead atoms. The lowest BCUT2D eigenvalue weighted by Gasteiger charge is -2.09. The number of amides is 2. The summed E-state index contributed by atoms with van der Waals surface area (Å²) < 4.78 is 0. The molecular formula is C13H18N4O2. The highest BCUT2D eigenvalue weighted by Crippen LogP contribution is 2.07. The van der Waals surface area contributed by atoms with E-state index in [1.54, 1.807) is 24.5 Å². The molecule has 2 rings (SSSR count). The van der Waals surface area contributed by atoms with E-state index in [-0.39, 0.29) is 24.2 Å². The van der Waals surface area contributed by atoms with Crippen molar-refractivity contribution in [2.24, 2.45) is 5.92 Å². The van der Waals surface area contributed by atoms with Crippen LogP contribution in [0, 0.1) is 5.92 Å². The highest BCUT2D eigenvalue weighted by molar-refractivity contribution is 5.91. The minimum Gasteiger partial charge on any atom is -0.355 e. The number of rotatable bonds is 5. The van der Waals surface area contributed by atoms with E-state index in [0.717, 1.165) is 19.5 Å². The Bertz CT molecular complexity index is 430. The van der Waals surface area contributed by atoms with Crippen molar-refractivity contribution in [3.63, 3.8) is 0 Å². The second-order valence-electron chi connectivity index (χ2n) is 4.51. The van der Waals surface area contributed by atoms with Crippen molar-refractivity contribution in [2.45, 2.75) is 12.8 Å². The molecule has 0 aliphatic carbocycles. The molecule has 1 unspecified atom stereocenters. The van der Waals surface area contributed by atoms with Crippen LogP contribution < -0.4 is 16.0 Å². The first-order valence-corrected chi connectivity index (χ1v) is 6.44. The first kappa shape index (κ1) is 13.5. The van der Waals surface area contributed by atoms with Gasteiger partial charge in [-0.2, -0.15) is 0 Å². The highest BCUT2D eigenvalue weighted by atomic mass is 16.2. The molecule has 1 aliphatic rings. The summed E-state index contributed by atoms with van der Waals surface area (Å²) in [5.74, 6) is -0.0407. The second-order valence-corrected chi connectivity index (χ2v) is 4.51. The van der Waals surface area contributed by atoms with Crippen LogP contribution >= 0.6 is 0 Å². The molecular weight excluding hydrogens is 244 g/mol. The van der Waals surface area contributed by atoms with Crippen LogP contribution in [-0.2, 0) is 9.59 Å². The number of hydrogen-bond acceptors (Lipinski definition) is 4. The fourth-order valence-electron chi connectivity index (χ4n) is 1.98. The maximum Gasteiger partial charge on any atom is 0.226 e. The van der Waals surface area contributed by atoms with E-state index in [1.165, 1.54) is 0 Å². The molecule has 2 amide bonds. The summed E-state index contributed by atoms with van der Waals surface area (Å²) in [6.07, 6.45) is 4.37. The van der Waals surface area contributed by atoms with Crippen molar-refractivity contribution >= 4 is 17.5 Å². The van der Waals surface area contributed by atoms with Crippen molar-refractivity contribution in [3.8, 4) is 0 Å². The van der Waals surface area contributed by atoms with Gasteiger partial charge < -0.3 is 16.0 Å². The third kappa shape index (κ3) is 4.33. The Hall–Kier alpha value is -1.95. The largest absolute Gasteiger partial charge is 0.355 e. The van der Waals surface area contributed by atoms with Crippen molar-refractivity contribution in [1.82, 2.24) is 15.6 Å². The molecule has 1 saturated heterocycles. The van der Waals surface area contributed by atoms with E-state index in [9.17, 15) is 9.59 Å². The lowest BCUT2D eigenvalue weighted by atomic mass is 10.1. The predicted molar refractivity (Wildman–Crippen MR) is 71.5 cm³/mol. The van der Waals surface area contributed by atoms with E-state index >= 15 is 0 Å².